The minimum atomic E-state index is -0.570. The summed E-state index contributed by atoms with van der Waals surface area (Å²) in [7, 11) is 0. The number of carbonyl (C=O) groups is 1. The van der Waals surface area contributed by atoms with E-state index >= 15 is 0 Å². The van der Waals surface area contributed by atoms with E-state index in [0.29, 0.717) is 0 Å². The number of nitrogens with one attached hydrogen (secondary N) is 1. The molecular weight excluding hydrogens is 226 g/mol. The van der Waals surface area contributed by atoms with Crippen LogP contribution in [0.3, 0.4) is 0 Å². The lowest BCUT2D eigenvalue weighted by molar-refractivity contribution is -0.118. The van der Waals surface area contributed by atoms with Crippen LogP contribution in [0.5, 0.6) is 0 Å². The first-order valence-corrected chi connectivity index (χ1v) is 5.37. The third-order valence-electron chi connectivity index (χ3n) is 1.84. The molecule has 0 radical (unpaired) electrons. The van der Waals surface area contributed by atoms with E-state index in [9.17, 15) is 4.79 Å². The Kier molecular flexibility index (Phi) is 3.23. The molecule has 0 spiro atoms. The molecule has 0 unspecified atom stereocenters. The Labute approximate surface area is 95.9 Å². The first kappa shape index (κ1) is 10.7. The second-order valence-electron chi connectivity index (χ2n) is 3.00. The van der Waals surface area contributed by atoms with Crippen LogP contribution in [0, 0.1) is 0 Å². The Hall–Kier alpha value is -1.79. The summed E-state index contributed by atoms with van der Waals surface area (Å²) in [5.74, 6) is -0.291. The molecule has 0 fully saturated rings. The minimum Gasteiger partial charge on any atom is -0.387 e. The Balaban J connectivity index is 2.17. The van der Waals surface area contributed by atoms with Gasteiger partial charge in [-0.25, -0.2) is 0 Å². The van der Waals surface area contributed by atoms with Crippen LogP contribution in [0.2, 0.25) is 0 Å². The molecule has 82 valence electrons. The van der Waals surface area contributed by atoms with Crippen LogP contribution in [0.15, 0.2) is 30.3 Å². The van der Waals surface area contributed by atoms with Crippen molar-refractivity contribution in [2.75, 3.05) is 11.9 Å². The largest absolute Gasteiger partial charge is 0.387 e. The molecule has 6 heteroatoms. The zero-order chi connectivity index (χ0) is 11.4. The van der Waals surface area contributed by atoms with Crippen LogP contribution >= 0.6 is 11.5 Å². The van der Waals surface area contributed by atoms with Crippen molar-refractivity contribution in [3.8, 4) is 10.6 Å². The molecule has 2 aromatic rings. The van der Waals surface area contributed by atoms with E-state index in [0.717, 1.165) is 10.6 Å². The number of hydrogen-bond donors (Lipinski definition) is 2. The minimum absolute atomic E-state index is 0.225. The highest BCUT2D eigenvalue weighted by molar-refractivity contribution is 7.09. The summed E-state index contributed by atoms with van der Waals surface area (Å²) in [5, 5.41) is 11.7. The molecule has 0 atom stereocenters. The van der Waals surface area contributed by atoms with Gasteiger partial charge in [0.25, 0.3) is 5.91 Å². The highest BCUT2D eigenvalue weighted by Crippen LogP contribution is 2.22. The van der Waals surface area contributed by atoms with Gasteiger partial charge in [-0.1, -0.05) is 30.3 Å². The smallest absolute Gasteiger partial charge is 0.252 e. The van der Waals surface area contributed by atoms with Gasteiger partial charge in [-0.15, -0.1) is 0 Å². The maximum absolute atomic E-state index is 10.9. The molecule has 0 saturated carbocycles. The topological polar surface area (TPSA) is 75.1 Å². The Bertz CT molecular complexity index is 484. The predicted molar refractivity (Wildman–Crippen MR) is 61.1 cm³/mol. The average Bonchev–Trinajstić information content (AvgIpc) is 2.78. The van der Waals surface area contributed by atoms with Crippen molar-refractivity contribution in [2.24, 2.45) is 0 Å². The summed E-state index contributed by atoms with van der Waals surface area (Å²) in [5.41, 5.74) is 0.949. The molecule has 1 amide bonds. The Morgan fingerprint density at radius 2 is 2.12 bits per heavy atom. The number of anilines is 1. The molecule has 0 bridgehead atoms. The highest BCUT2D eigenvalue weighted by atomic mass is 32.1. The summed E-state index contributed by atoms with van der Waals surface area (Å²) in [6, 6.07) is 9.56. The number of aliphatic hydroxyl groups excluding tert-OH is 1. The second kappa shape index (κ2) is 4.82. The Morgan fingerprint density at radius 3 is 2.81 bits per heavy atom. The first-order chi connectivity index (χ1) is 7.79. The maximum atomic E-state index is 10.9. The first-order valence-electron chi connectivity index (χ1n) is 4.59. The summed E-state index contributed by atoms with van der Waals surface area (Å²) in [6.45, 7) is -0.570. The third-order valence-corrected chi connectivity index (χ3v) is 2.61. The van der Waals surface area contributed by atoms with Crippen molar-refractivity contribution in [3.63, 3.8) is 0 Å². The molecule has 0 aliphatic heterocycles. The molecule has 5 nitrogen and oxygen atoms in total. The molecule has 0 aliphatic rings. The summed E-state index contributed by atoms with van der Waals surface area (Å²) < 4.78 is 3.97. The number of nitrogens with zero attached hydrogens (tertiary/aromatic N) is 2. The van der Waals surface area contributed by atoms with Gasteiger partial charge in [-0.3, -0.25) is 10.1 Å². The van der Waals surface area contributed by atoms with Gasteiger partial charge in [0.05, 0.1) is 0 Å². The molecule has 0 aliphatic carbocycles. The van der Waals surface area contributed by atoms with Crippen molar-refractivity contribution < 1.29 is 9.90 Å². The predicted octanol–water partition coefficient (Wildman–Crippen LogP) is 1.14. The number of hydrogen-bond acceptors (Lipinski definition) is 5. The van der Waals surface area contributed by atoms with Gasteiger partial charge in [-0.2, -0.15) is 9.36 Å². The fourth-order valence-corrected chi connectivity index (χ4v) is 1.76. The van der Waals surface area contributed by atoms with Gasteiger partial charge in [0.15, 0.2) is 0 Å². The van der Waals surface area contributed by atoms with E-state index in [1.807, 2.05) is 30.3 Å². The van der Waals surface area contributed by atoms with Gasteiger partial charge in [0, 0.05) is 5.56 Å². The monoisotopic (exact) mass is 235 g/mol. The zero-order valence-corrected chi connectivity index (χ0v) is 9.07. The SMILES string of the molecule is O=C(CO)Nc1nsc(-c2ccccc2)n1. The van der Waals surface area contributed by atoms with Crippen LogP contribution in [0.4, 0.5) is 5.95 Å². The van der Waals surface area contributed by atoms with Gasteiger partial charge in [0.2, 0.25) is 5.95 Å². The second-order valence-corrected chi connectivity index (χ2v) is 3.75. The lowest BCUT2D eigenvalue weighted by Crippen LogP contribution is -2.16. The number of benzene rings is 1. The quantitative estimate of drug-likeness (QED) is 0.836. The lowest BCUT2D eigenvalue weighted by Gasteiger charge is -1.95. The van der Waals surface area contributed by atoms with E-state index in [1.54, 1.807) is 0 Å². The van der Waals surface area contributed by atoms with Crippen LogP contribution in [-0.4, -0.2) is 27.0 Å². The number of amides is 1. The zero-order valence-electron chi connectivity index (χ0n) is 8.25. The van der Waals surface area contributed by atoms with Crippen LogP contribution in [0.25, 0.3) is 10.6 Å². The van der Waals surface area contributed by atoms with Gasteiger partial charge in [-0.05, 0) is 11.5 Å². The summed E-state index contributed by atoms with van der Waals surface area (Å²) in [4.78, 5) is 15.0. The van der Waals surface area contributed by atoms with E-state index in [2.05, 4.69) is 14.7 Å². The molecule has 1 aromatic carbocycles. The molecule has 2 rings (SSSR count). The summed E-state index contributed by atoms with van der Waals surface area (Å²) >= 11 is 1.20. The lowest BCUT2D eigenvalue weighted by atomic mass is 10.2. The van der Waals surface area contributed by atoms with E-state index in [1.165, 1.54) is 11.5 Å². The molecule has 0 saturated heterocycles. The van der Waals surface area contributed by atoms with E-state index in [4.69, 9.17) is 5.11 Å². The molecule has 16 heavy (non-hydrogen) atoms. The van der Waals surface area contributed by atoms with Gasteiger partial charge in [0.1, 0.15) is 11.6 Å². The van der Waals surface area contributed by atoms with E-state index < -0.39 is 12.5 Å². The number of aliphatic hydroxyl groups is 1. The third kappa shape index (κ3) is 2.41. The van der Waals surface area contributed by atoms with Crippen molar-refractivity contribution in [3.05, 3.63) is 30.3 Å². The molecule has 1 aromatic heterocycles. The Morgan fingerprint density at radius 1 is 1.38 bits per heavy atom. The standard InChI is InChI=1S/C10H9N3O2S/c14-6-8(15)11-10-12-9(16-13-10)7-4-2-1-3-5-7/h1-5,14H,6H2,(H,11,13,15). The number of aromatic nitrogens is 2. The summed E-state index contributed by atoms with van der Waals surface area (Å²) in [6.07, 6.45) is 0. The number of carbonyl (C=O) groups excluding carboxylic acids is 1. The van der Waals surface area contributed by atoms with Crippen molar-refractivity contribution in [2.45, 2.75) is 0 Å². The van der Waals surface area contributed by atoms with Crippen molar-refractivity contribution in [1.82, 2.24) is 9.36 Å². The molecule has 2 N–H and O–H groups in total. The van der Waals surface area contributed by atoms with Gasteiger partial charge < -0.3 is 5.11 Å². The van der Waals surface area contributed by atoms with Crippen molar-refractivity contribution >= 4 is 23.4 Å². The molecular formula is C10H9N3O2S. The number of rotatable bonds is 3. The van der Waals surface area contributed by atoms with Crippen molar-refractivity contribution in [1.29, 1.82) is 0 Å². The molecule has 1 heterocycles. The van der Waals surface area contributed by atoms with Crippen LogP contribution in [0.1, 0.15) is 0 Å². The van der Waals surface area contributed by atoms with E-state index in [-0.39, 0.29) is 5.95 Å². The maximum Gasteiger partial charge on any atom is 0.252 e. The average molecular weight is 235 g/mol. The van der Waals surface area contributed by atoms with Gasteiger partial charge >= 0.3 is 0 Å². The van der Waals surface area contributed by atoms with Crippen LogP contribution < -0.4 is 5.32 Å². The fourth-order valence-electron chi connectivity index (χ4n) is 1.14. The normalized spacial score (nSPS) is 10.1. The fraction of sp³-hybridized carbons (Fsp3) is 0.100. The highest BCUT2D eigenvalue weighted by Gasteiger charge is 2.07. The van der Waals surface area contributed by atoms with Crippen LogP contribution in [-0.2, 0) is 4.79 Å².